The molecule has 1 amide bonds. The lowest BCUT2D eigenvalue weighted by molar-refractivity contribution is -0.135. The molecule has 0 atom stereocenters. The summed E-state index contributed by atoms with van der Waals surface area (Å²) in [6.07, 6.45) is 0.236. The first-order valence-electron chi connectivity index (χ1n) is 6.15. The van der Waals surface area contributed by atoms with Crippen LogP contribution in [0.15, 0.2) is 18.2 Å². The van der Waals surface area contributed by atoms with Crippen LogP contribution in [0.2, 0.25) is 0 Å². The topological polar surface area (TPSA) is 92.7 Å². The number of nitrogens with one attached hydrogen (secondary N) is 1. The van der Waals surface area contributed by atoms with Crippen molar-refractivity contribution in [1.29, 1.82) is 0 Å². The van der Waals surface area contributed by atoms with Gasteiger partial charge in [0.25, 0.3) is 5.91 Å². The Labute approximate surface area is 115 Å². The van der Waals surface area contributed by atoms with E-state index < -0.39 is 24.0 Å². The first-order chi connectivity index (χ1) is 9.28. The summed E-state index contributed by atoms with van der Waals surface area (Å²) in [5.41, 5.74) is 0.0333. The van der Waals surface area contributed by atoms with Gasteiger partial charge in [-0.05, 0) is 32.0 Å². The molecule has 1 heterocycles. The number of ketones is 1. The largest absolute Gasteiger partial charge is 0.487 e. The molecule has 0 fully saturated rings. The molecular formula is C14H15NO5. The fourth-order valence-corrected chi connectivity index (χ4v) is 2.05. The number of carbonyl (C=O) groups excluding carboxylic acids is 2. The predicted molar refractivity (Wildman–Crippen MR) is 70.1 cm³/mol. The van der Waals surface area contributed by atoms with Gasteiger partial charge in [0.15, 0.2) is 5.78 Å². The van der Waals surface area contributed by atoms with E-state index in [-0.39, 0.29) is 17.8 Å². The summed E-state index contributed by atoms with van der Waals surface area (Å²) in [5.74, 6) is -1.31. The normalized spacial score (nSPS) is 16.0. The van der Waals surface area contributed by atoms with Crippen LogP contribution < -0.4 is 10.1 Å². The Kier molecular flexibility index (Phi) is 3.48. The maximum atomic E-state index is 12.0. The minimum atomic E-state index is -1.13. The summed E-state index contributed by atoms with van der Waals surface area (Å²) >= 11 is 0. The van der Waals surface area contributed by atoms with Gasteiger partial charge < -0.3 is 15.2 Å². The van der Waals surface area contributed by atoms with Gasteiger partial charge in [-0.3, -0.25) is 14.4 Å². The van der Waals surface area contributed by atoms with E-state index in [1.54, 1.807) is 6.07 Å². The third-order valence-electron chi connectivity index (χ3n) is 2.91. The lowest BCUT2D eigenvalue weighted by Gasteiger charge is -2.31. The molecule has 1 aliphatic heterocycles. The molecule has 2 rings (SSSR count). The molecule has 6 nitrogen and oxygen atoms in total. The Morgan fingerprint density at radius 3 is 2.75 bits per heavy atom. The number of hydrogen-bond donors (Lipinski definition) is 2. The van der Waals surface area contributed by atoms with Crippen LogP contribution in [0, 0.1) is 0 Å². The van der Waals surface area contributed by atoms with Crippen LogP contribution in [0.5, 0.6) is 5.75 Å². The highest BCUT2D eigenvalue weighted by atomic mass is 16.5. The molecule has 6 heteroatoms. The molecule has 1 aliphatic rings. The molecule has 0 saturated heterocycles. The van der Waals surface area contributed by atoms with Gasteiger partial charge in [-0.1, -0.05) is 0 Å². The second-order valence-electron chi connectivity index (χ2n) is 5.25. The summed E-state index contributed by atoms with van der Waals surface area (Å²) in [4.78, 5) is 34.2. The van der Waals surface area contributed by atoms with Gasteiger partial charge in [0, 0.05) is 5.56 Å². The SMILES string of the molecule is CC1(C)CC(=O)c2cc(C(=O)NCC(=O)O)ccc2O1. The van der Waals surface area contributed by atoms with Crippen LogP contribution >= 0.6 is 0 Å². The van der Waals surface area contributed by atoms with Gasteiger partial charge in [-0.15, -0.1) is 0 Å². The van der Waals surface area contributed by atoms with Gasteiger partial charge in [0.2, 0.25) is 0 Å². The van der Waals surface area contributed by atoms with Gasteiger partial charge in [-0.25, -0.2) is 0 Å². The Morgan fingerprint density at radius 1 is 1.40 bits per heavy atom. The molecule has 0 radical (unpaired) electrons. The average Bonchev–Trinajstić information content (AvgIpc) is 2.34. The number of benzene rings is 1. The highest BCUT2D eigenvalue weighted by Crippen LogP contribution is 2.33. The van der Waals surface area contributed by atoms with Gasteiger partial charge in [-0.2, -0.15) is 0 Å². The van der Waals surface area contributed by atoms with Crippen molar-refractivity contribution in [3.63, 3.8) is 0 Å². The monoisotopic (exact) mass is 277 g/mol. The molecule has 1 aromatic carbocycles. The lowest BCUT2D eigenvalue weighted by Crippen LogP contribution is -2.36. The molecule has 20 heavy (non-hydrogen) atoms. The summed E-state index contributed by atoms with van der Waals surface area (Å²) in [6, 6.07) is 4.50. The number of amides is 1. The second kappa shape index (κ2) is 4.96. The van der Waals surface area contributed by atoms with Crippen molar-refractivity contribution in [3.8, 4) is 5.75 Å². The quantitative estimate of drug-likeness (QED) is 0.867. The van der Waals surface area contributed by atoms with Crippen LogP contribution in [0.1, 0.15) is 41.0 Å². The Balaban J connectivity index is 2.24. The van der Waals surface area contributed by atoms with Crippen LogP contribution in [0.25, 0.3) is 0 Å². The van der Waals surface area contributed by atoms with Crippen molar-refractivity contribution in [3.05, 3.63) is 29.3 Å². The van der Waals surface area contributed by atoms with Crippen molar-refractivity contribution in [2.45, 2.75) is 25.9 Å². The zero-order valence-corrected chi connectivity index (χ0v) is 11.2. The smallest absolute Gasteiger partial charge is 0.322 e. The number of Topliss-reactive ketones (excluding diaryl/α,β-unsaturated/α-hetero) is 1. The number of ether oxygens (including phenoxy) is 1. The van der Waals surface area contributed by atoms with Crippen molar-refractivity contribution < 1.29 is 24.2 Å². The van der Waals surface area contributed by atoms with E-state index in [0.717, 1.165) is 0 Å². The van der Waals surface area contributed by atoms with Crippen molar-refractivity contribution in [2.24, 2.45) is 0 Å². The number of hydrogen-bond acceptors (Lipinski definition) is 4. The zero-order valence-electron chi connectivity index (χ0n) is 11.2. The molecule has 0 bridgehead atoms. The van der Waals surface area contributed by atoms with E-state index in [2.05, 4.69) is 5.32 Å². The summed E-state index contributed by atoms with van der Waals surface area (Å²) < 4.78 is 5.68. The van der Waals surface area contributed by atoms with Crippen LogP contribution in [0.3, 0.4) is 0 Å². The van der Waals surface area contributed by atoms with Gasteiger partial charge in [0.05, 0.1) is 12.0 Å². The third kappa shape index (κ3) is 2.96. The minimum absolute atomic E-state index is 0.0934. The number of rotatable bonds is 3. The Bertz CT molecular complexity index is 591. The summed E-state index contributed by atoms with van der Waals surface area (Å²) in [6.45, 7) is 3.18. The maximum absolute atomic E-state index is 12.0. The molecule has 0 saturated carbocycles. The van der Waals surface area contributed by atoms with E-state index >= 15 is 0 Å². The van der Waals surface area contributed by atoms with E-state index in [4.69, 9.17) is 9.84 Å². The van der Waals surface area contributed by atoms with Gasteiger partial charge in [0.1, 0.15) is 17.9 Å². The van der Waals surface area contributed by atoms with Crippen molar-refractivity contribution in [1.82, 2.24) is 5.32 Å². The molecule has 1 aromatic rings. The predicted octanol–water partition coefficient (Wildman–Crippen LogP) is 1.24. The molecule has 0 aromatic heterocycles. The number of aliphatic carboxylic acids is 1. The average molecular weight is 277 g/mol. The van der Waals surface area contributed by atoms with E-state index in [9.17, 15) is 14.4 Å². The highest BCUT2D eigenvalue weighted by molar-refractivity contribution is 6.04. The first kappa shape index (κ1) is 14.0. The first-order valence-corrected chi connectivity index (χ1v) is 6.15. The molecule has 106 valence electrons. The summed E-state index contributed by atoms with van der Waals surface area (Å²) in [7, 11) is 0. The fourth-order valence-electron chi connectivity index (χ4n) is 2.05. The fraction of sp³-hybridized carbons (Fsp3) is 0.357. The number of carboxylic acids is 1. The van der Waals surface area contributed by atoms with Crippen LogP contribution in [-0.4, -0.2) is 34.9 Å². The van der Waals surface area contributed by atoms with Crippen molar-refractivity contribution in [2.75, 3.05) is 6.54 Å². The van der Waals surface area contributed by atoms with E-state index in [1.807, 2.05) is 13.8 Å². The molecular weight excluding hydrogens is 262 g/mol. The van der Waals surface area contributed by atoms with E-state index in [0.29, 0.717) is 11.3 Å². The highest BCUT2D eigenvalue weighted by Gasteiger charge is 2.32. The second-order valence-corrected chi connectivity index (χ2v) is 5.25. The van der Waals surface area contributed by atoms with Crippen molar-refractivity contribution >= 4 is 17.7 Å². The van der Waals surface area contributed by atoms with Crippen LogP contribution in [0.4, 0.5) is 0 Å². The molecule has 0 aliphatic carbocycles. The lowest BCUT2D eigenvalue weighted by atomic mass is 9.92. The number of carboxylic acid groups (broad SMARTS) is 1. The van der Waals surface area contributed by atoms with Gasteiger partial charge >= 0.3 is 5.97 Å². The molecule has 0 unspecified atom stereocenters. The number of fused-ring (bicyclic) bond motifs is 1. The number of carbonyl (C=O) groups is 3. The Morgan fingerprint density at radius 2 is 2.10 bits per heavy atom. The molecule has 2 N–H and O–H groups in total. The maximum Gasteiger partial charge on any atom is 0.322 e. The van der Waals surface area contributed by atoms with E-state index in [1.165, 1.54) is 12.1 Å². The molecule has 0 spiro atoms. The zero-order chi connectivity index (χ0) is 14.9. The Hall–Kier alpha value is -2.37. The third-order valence-corrected chi connectivity index (χ3v) is 2.91. The standard InChI is InChI=1S/C14H15NO5/c1-14(2)6-10(16)9-5-8(3-4-11(9)20-14)13(19)15-7-12(17)18/h3-5H,6-7H2,1-2H3,(H,15,19)(H,17,18). The minimum Gasteiger partial charge on any atom is -0.487 e. The van der Waals surface area contributed by atoms with Crippen LogP contribution in [-0.2, 0) is 4.79 Å². The summed E-state index contributed by atoms with van der Waals surface area (Å²) in [5, 5.41) is 10.8.